The van der Waals surface area contributed by atoms with Crippen LogP contribution in [0.4, 0.5) is 4.39 Å². The lowest BCUT2D eigenvalue weighted by Gasteiger charge is -2.30. The van der Waals surface area contributed by atoms with Gasteiger partial charge in [0, 0.05) is 10.6 Å². The largest absolute Gasteiger partial charge is 0.480 e. The molecule has 0 amide bonds. The van der Waals surface area contributed by atoms with Gasteiger partial charge in [-0.25, -0.2) is 4.39 Å². The average molecular weight is 297 g/mol. The molecule has 2 N–H and O–H groups in total. The first-order chi connectivity index (χ1) is 9.58. The molecular weight excluding hydrogens is 277 g/mol. The quantitative estimate of drug-likeness (QED) is 0.724. The number of benzene rings is 1. The maximum atomic E-state index is 13.2. The van der Waals surface area contributed by atoms with Crippen molar-refractivity contribution in [1.82, 2.24) is 5.32 Å². The molecule has 3 nitrogen and oxygen atoms in total. The van der Waals surface area contributed by atoms with Gasteiger partial charge in [0.25, 0.3) is 0 Å². The molecule has 0 aromatic heterocycles. The van der Waals surface area contributed by atoms with E-state index in [9.17, 15) is 14.3 Å². The Kier molecular flexibility index (Phi) is 5.05. The van der Waals surface area contributed by atoms with Crippen molar-refractivity contribution in [3.05, 3.63) is 30.1 Å². The van der Waals surface area contributed by atoms with Gasteiger partial charge in [-0.3, -0.25) is 4.79 Å². The number of thioether (sulfide) groups is 1. The second kappa shape index (κ2) is 6.59. The third kappa shape index (κ3) is 3.52. The van der Waals surface area contributed by atoms with Crippen LogP contribution in [0.2, 0.25) is 0 Å². The van der Waals surface area contributed by atoms with Crippen molar-refractivity contribution in [2.75, 3.05) is 12.3 Å². The molecule has 1 aliphatic rings. The molecule has 110 valence electrons. The molecule has 20 heavy (non-hydrogen) atoms. The van der Waals surface area contributed by atoms with E-state index in [-0.39, 0.29) is 11.7 Å². The van der Waals surface area contributed by atoms with Gasteiger partial charge in [-0.15, -0.1) is 11.8 Å². The lowest BCUT2D eigenvalue weighted by molar-refractivity contribution is -0.144. The second-order valence-electron chi connectivity index (χ2n) is 5.22. The van der Waals surface area contributed by atoms with E-state index >= 15 is 0 Å². The van der Waals surface area contributed by atoms with E-state index in [1.807, 2.05) is 13.0 Å². The molecule has 1 saturated carbocycles. The van der Waals surface area contributed by atoms with Gasteiger partial charge >= 0.3 is 5.97 Å². The number of carboxylic acids is 1. The van der Waals surface area contributed by atoms with Crippen molar-refractivity contribution >= 4 is 17.7 Å². The van der Waals surface area contributed by atoms with Gasteiger partial charge in [-0.1, -0.05) is 13.0 Å². The molecule has 0 bridgehead atoms. The van der Waals surface area contributed by atoms with Crippen LogP contribution < -0.4 is 5.32 Å². The summed E-state index contributed by atoms with van der Waals surface area (Å²) in [5.74, 6) is -0.468. The lowest BCUT2D eigenvalue weighted by Crippen LogP contribution is -2.56. The SMILES string of the molecule is CCCNC(CSc1cccc(F)c1)(C(=O)O)C1CC1. The highest BCUT2D eigenvalue weighted by Crippen LogP contribution is 2.42. The number of hydrogen-bond acceptors (Lipinski definition) is 3. The first-order valence-corrected chi connectivity index (χ1v) is 7.94. The molecule has 0 spiro atoms. The molecule has 0 saturated heterocycles. The number of halogens is 1. The summed E-state index contributed by atoms with van der Waals surface area (Å²) in [6.07, 6.45) is 2.80. The zero-order valence-corrected chi connectivity index (χ0v) is 12.4. The summed E-state index contributed by atoms with van der Waals surface area (Å²) in [5.41, 5.74) is -0.882. The average Bonchev–Trinajstić information content (AvgIpc) is 3.24. The van der Waals surface area contributed by atoms with Crippen molar-refractivity contribution in [1.29, 1.82) is 0 Å². The summed E-state index contributed by atoms with van der Waals surface area (Å²) >= 11 is 1.41. The highest BCUT2D eigenvalue weighted by atomic mass is 32.2. The molecule has 0 radical (unpaired) electrons. The van der Waals surface area contributed by atoms with Crippen LogP contribution >= 0.6 is 11.8 Å². The molecule has 1 fully saturated rings. The van der Waals surface area contributed by atoms with E-state index in [0.29, 0.717) is 12.3 Å². The monoisotopic (exact) mass is 297 g/mol. The summed E-state index contributed by atoms with van der Waals surface area (Å²) in [6, 6.07) is 6.30. The molecule has 1 aromatic carbocycles. The van der Waals surface area contributed by atoms with Crippen LogP contribution in [0, 0.1) is 11.7 Å². The fourth-order valence-electron chi connectivity index (χ4n) is 2.30. The third-order valence-corrected chi connectivity index (χ3v) is 4.80. The predicted molar refractivity (Wildman–Crippen MR) is 78.5 cm³/mol. The zero-order chi connectivity index (χ0) is 14.6. The molecular formula is C15H20FNO2S. The minimum atomic E-state index is -0.882. The Hall–Kier alpha value is -1.07. The zero-order valence-electron chi connectivity index (χ0n) is 11.6. The third-order valence-electron chi connectivity index (χ3n) is 3.61. The Morgan fingerprint density at radius 1 is 1.55 bits per heavy atom. The van der Waals surface area contributed by atoms with Gasteiger partial charge in [0.15, 0.2) is 0 Å². The van der Waals surface area contributed by atoms with Gasteiger partial charge in [-0.2, -0.15) is 0 Å². The number of aliphatic carboxylic acids is 1. The van der Waals surface area contributed by atoms with Crippen LogP contribution in [0.25, 0.3) is 0 Å². The Morgan fingerprint density at radius 2 is 2.30 bits per heavy atom. The summed E-state index contributed by atoms with van der Waals surface area (Å²) < 4.78 is 13.2. The van der Waals surface area contributed by atoms with E-state index in [1.54, 1.807) is 6.07 Å². The Labute approximate surface area is 123 Å². The van der Waals surface area contributed by atoms with E-state index in [0.717, 1.165) is 24.2 Å². The fraction of sp³-hybridized carbons (Fsp3) is 0.533. The second-order valence-corrected chi connectivity index (χ2v) is 6.27. The standard InChI is InChI=1S/C15H20FNO2S/c1-2-8-17-15(14(18)19,11-6-7-11)10-20-13-5-3-4-12(16)9-13/h3-5,9,11,17H,2,6-8,10H2,1H3,(H,18,19). The van der Waals surface area contributed by atoms with E-state index < -0.39 is 11.5 Å². The number of hydrogen-bond donors (Lipinski definition) is 2. The van der Waals surface area contributed by atoms with Gasteiger partial charge in [-0.05, 0) is 49.9 Å². The summed E-state index contributed by atoms with van der Waals surface area (Å²) in [4.78, 5) is 12.5. The topological polar surface area (TPSA) is 49.3 Å². The maximum absolute atomic E-state index is 13.2. The summed E-state index contributed by atoms with van der Waals surface area (Å²) in [6.45, 7) is 2.71. The van der Waals surface area contributed by atoms with Gasteiger partial charge in [0.1, 0.15) is 11.4 Å². The highest BCUT2D eigenvalue weighted by molar-refractivity contribution is 7.99. The summed E-state index contributed by atoms with van der Waals surface area (Å²) in [5, 5.41) is 12.9. The lowest BCUT2D eigenvalue weighted by atomic mass is 9.95. The smallest absolute Gasteiger partial charge is 0.325 e. The molecule has 5 heteroatoms. The van der Waals surface area contributed by atoms with Crippen molar-refractivity contribution < 1.29 is 14.3 Å². The minimum absolute atomic E-state index is 0.188. The van der Waals surface area contributed by atoms with E-state index in [1.165, 1.54) is 23.9 Å². The number of carboxylic acid groups (broad SMARTS) is 1. The molecule has 0 heterocycles. The van der Waals surface area contributed by atoms with Crippen LogP contribution in [0.15, 0.2) is 29.2 Å². The van der Waals surface area contributed by atoms with E-state index in [4.69, 9.17) is 0 Å². The fourth-order valence-corrected chi connectivity index (χ4v) is 3.53. The molecule has 1 aromatic rings. The van der Waals surface area contributed by atoms with Crippen LogP contribution in [0.1, 0.15) is 26.2 Å². The van der Waals surface area contributed by atoms with E-state index in [2.05, 4.69) is 5.32 Å². The molecule has 1 aliphatic carbocycles. The Bertz CT molecular complexity index is 479. The van der Waals surface area contributed by atoms with Crippen molar-refractivity contribution in [3.63, 3.8) is 0 Å². The van der Waals surface area contributed by atoms with Crippen LogP contribution in [0.5, 0.6) is 0 Å². The first-order valence-electron chi connectivity index (χ1n) is 6.95. The van der Waals surface area contributed by atoms with Crippen molar-refractivity contribution in [2.45, 2.75) is 36.6 Å². The first kappa shape index (κ1) is 15.3. The minimum Gasteiger partial charge on any atom is -0.480 e. The maximum Gasteiger partial charge on any atom is 0.325 e. The van der Waals surface area contributed by atoms with Gasteiger partial charge < -0.3 is 10.4 Å². The molecule has 0 aliphatic heterocycles. The number of rotatable bonds is 8. The number of carbonyl (C=O) groups is 1. The van der Waals surface area contributed by atoms with Crippen molar-refractivity contribution in [3.8, 4) is 0 Å². The molecule has 1 atom stereocenters. The highest BCUT2D eigenvalue weighted by Gasteiger charge is 2.50. The molecule has 2 rings (SSSR count). The van der Waals surface area contributed by atoms with Crippen LogP contribution in [-0.4, -0.2) is 28.9 Å². The number of nitrogens with one attached hydrogen (secondary N) is 1. The van der Waals surface area contributed by atoms with Gasteiger partial charge in [0.05, 0.1) is 0 Å². The normalized spacial score (nSPS) is 17.7. The Balaban J connectivity index is 2.09. The van der Waals surface area contributed by atoms with Crippen LogP contribution in [-0.2, 0) is 4.79 Å². The summed E-state index contributed by atoms with van der Waals surface area (Å²) in [7, 11) is 0. The predicted octanol–water partition coefficient (Wildman–Crippen LogP) is 3.15. The van der Waals surface area contributed by atoms with Crippen LogP contribution in [0.3, 0.4) is 0 Å². The Morgan fingerprint density at radius 3 is 2.85 bits per heavy atom. The van der Waals surface area contributed by atoms with Gasteiger partial charge in [0.2, 0.25) is 0 Å². The molecule has 1 unspecified atom stereocenters. The van der Waals surface area contributed by atoms with Crippen molar-refractivity contribution in [2.24, 2.45) is 5.92 Å².